The van der Waals surface area contributed by atoms with Gasteiger partial charge in [0.05, 0.1) is 12.2 Å². The van der Waals surface area contributed by atoms with E-state index >= 15 is 0 Å². The number of aryl methyl sites for hydroxylation is 2. The lowest BCUT2D eigenvalue weighted by molar-refractivity contribution is 0.246. The van der Waals surface area contributed by atoms with E-state index in [4.69, 9.17) is 4.74 Å². The number of hydrogen-bond acceptors (Lipinski definition) is 2. The molecule has 2 aromatic rings. The minimum atomic E-state index is -0.212. The molecule has 1 heterocycles. The Morgan fingerprint density at radius 1 is 1.15 bits per heavy atom. The van der Waals surface area contributed by atoms with Crippen molar-refractivity contribution in [2.45, 2.75) is 26.4 Å². The van der Waals surface area contributed by atoms with Gasteiger partial charge in [0, 0.05) is 6.42 Å². The van der Waals surface area contributed by atoms with E-state index in [0.717, 1.165) is 17.7 Å². The fraction of sp³-hybridized carbons (Fsp3) is 0.294. The van der Waals surface area contributed by atoms with E-state index in [2.05, 4.69) is 18.3 Å². The Morgan fingerprint density at radius 3 is 2.70 bits per heavy atom. The predicted molar refractivity (Wildman–Crippen MR) is 78.9 cm³/mol. The molecule has 1 aliphatic rings. The van der Waals surface area contributed by atoms with Crippen LogP contribution in [0.15, 0.2) is 36.4 Å². The molecule has 2 aromatic carbocycles. The van der Waals surface area contributed by atoms with E-state index in [1.54, 1.807) is 6.07 Å². The molecule has 0 saturated carbocycles. The average Bonchev–Trinajstić information content (AvgIpc) is 2.79. The van der Waals surface area contributed by atoms with Crippen LogP contribution in [0.4, 0.5) is 10.1 Å². The SMILES string of the molecule is Cc1ccc(NCC2Cc3cc(C)ccc3O2)c(F)c1. The summed E-state index contributed by atoms with van der Waals surface area (Å²) in [7, 11) is 0. The number of ether oxygens (including phenoxy) is 1. The summed E-state index contributed by atoms with van der Waals surface area (Å²) in [5.41, 5.74) is 3.94. The van der Waals surface area contributed by atoms with Crippen LogP contribution in [-0.2, 0) is 6.42 Å². The second-order valence-corrected chi connectivity index (χ2v) is 5.42. The first-order valence-corrected chi connectivity index (χ1v) is 6.88. The summed E-state index contributed by atoms with van der Waals surface area (Å²) in [6.45, 7) is 4.56. The highest BCUT2D eigenvalue weighted by atomic mass is 19.1. The van der Waals surface area contributed by atoms with Crippen molar-refractivity contribution in [1.29, 1.82) is 0 Å². The lowest BCUT2D eigenvalue weighted by Crippen LogP contribution is -2.24. The van der Waals surface area contributed by atoms with Crippen molar-refractivity contribution in [2.75, 3.05) is 11.9 Å². The highest BCUT2D eigenvalue weighted by molar-refractivity contribution is 5.47. The van der Waals surface area contributed by atoms with Gasteiger partial charge in [-0.05, 0) is 43.2 Å². The van der Waals surface area contributed by atoms with Crippen LogP contribution < -0.4 is 10.1 Å². The summed E-state index contributed by atoms with van der Waals surface area (Å²) in [4.78, 5) is 0. The first kappa shape index (κ1) is 13.0. The van der Waals surface area contributed by atoms with Crippen molar-refractivity contribution in [3.8, 4) is 5.75 Å². The third-order valence-corrected chi connectivity index (χ3v) is 3.60. The van der Waals surface area contributed by atoms with E-state index in [-0.39, 0.29) is 11.9 Å². The van der Waals surface area contributed by atoms with E-state index in [1.165, 1.54) is 17.2 Å². The highest BCUT2D eigenvalue weighted by Crippen LogP contribution is 2.29. The van der Waals surface area contributed by atoms with Gasteiger partial charge in [-0.15, -0.1) is 0 Å². The molecule has 104 valence electrons. The summed E-state index contributed by atoms with van der Waals surface area (Å²) in [5.74, 6) is 0.739. The van der Waals surface area contributed by atoms with Gasteiger partial charge in [-0.1, -0.05) is 23.8 Å². The van der Waals surface area contributed by atoms with Crippen LogP contribution in [0.1, 0.15) is 16.7 Å². The smallest absolute Gasteiger partial charge is 0.146 e. The predicted octanol–water partition coefficient (Wildman–Crippen LogP) is 3.86. The normalized spacial score (nSPS) is 16.6. The number of halogens is 1. The van der Waals surface area contributed by atoms with Crippen LogP contribution in [0.25, 0.3) is 0 Å². The molecule has 3 rings (SSSR count). The van der Waals surface area contributed by atoms with Gasteiger partial charge < -0.3 is 10.1 Å². The fourth-order valence-electron chi connectivity index (χ4n) is 2.55. The van der Waals surface area contributed by atoms with Crippen molar-refractivity contribution in [3.05, 3.63) is 58.9 Å². The molecule has 0 radical (unpaired) electrons. The van der Waals surface area contributed by atoms with Crippen molar-refractivity contribution in [1.82, 2.24) is 0 Å². The zero-order valence-electron chi connectivity index (χ0n) is 11.7. The molecular formula is C17H18FNO. The molecule has 0 aromatic heterocycles. The topological polar surface area (TPSA) is 21.3 Å². The molecule has 20 heavy (non-hydrogen) atoms. The third kappa shape index (κ3) is 2.62. The minimum absolute atomic E-state index is 0.0625. The van der Waals surface area contributed by atoms with Crippen LogP contribution >= 0.6 is 0 Å². The van der Waals surface area contributed by atoms with E-state index in [1.807, 2.05) is 25.1 Å². The fourth-order valence-corrected chi connectivity index (χ4v) is 2.55. The minimum Gasteiger partial charge on any atom is -0.488 e. The Hall–Kier alpha value is -2.03. The molecule has 1 unspecified atom stereocenters. The maximum absolute atomic E-state index is 13.7. The van der Waals surface area contributed by atoms with Crippen LogP contribution in [0.5, 0.6) is 5.75 Å². The molecule has 0 bridgehead atoms. The van der Waals surface area contributed by atoms with Crippen LogP contribution in [0.3, 0.4) is 0 Å². The maximum atomic E-state index is 13.7. The third-order valence-electron chi connectivity index (χ3n) is 3.60. The molecule has 0 aliphatic carbocycles. The Labute approximate surface area is 118 Å². The number of hydrogen-bond donors (Lipinski definition) is 1. The van der Waals surface area contributed by atoms with Gasteiger partial charge >= 0.3 is 0 Å². The zero-order valence-corrected chi connectivity index (χ0v) is 11.7. The van der Waals surface area contributed by atoms with Gasteiger partial charge in [-0.3, -0.25) is 0 Å². The summed E-state index contributed by atoms with van der Waals surface area (Å²) in [5, 5.41) is 3.13. The Bertz CT molecular complexity index is 639. The molecule has 1 N–H and O–H groups in total. The van der Waals surface area contributed by atoms with Crippen molar-refractivity contribution in [3.63, 3.8) is 0 Å². The monoisotopic (exact) mass is 271 g/mol. The van der Waals surface area contributed by atoms with E-state index < -0.39 is 0 Å². The first-order valence-electron chi connectivity index (χ1n) is 6.88. The van der Waals surface area contributed by atoms with Gasteiger partial charge in [0.1, 0.15) is 17.7 Å². The molecule has 0 fully saturated rings. The summed E-state index contributed by atoms with van der Waals surface area (Å²) < 4.78 is 19.6. The van der Waals surface area contributed by atoms with E-state index in [9.17, 15) is 4.39 Å². The van der Waals surface area contributed by atoms with Crippen LogP contribution in [-0.4, -0.2) is 12.6 Å². The summed E-state index contributed by atoms with van der Waals surface area (Å²) in [6, 6.07) is 11.4. The van der Waals surface area contributed by atoms with E-state index in [0.29, 0.717) is 12.2 Å². The molecule has 3 heteroatoms. The molecule has 2 nitrogen and oxygen atoms in total. The van der Waals surface area contributed by atoms with Crippen LogP contribution in [0, 0.1) is 19.7 Å². The average molecular weight is 271 g/mol. The van der Waals surface area contributed by atoms with Crippen LogP contribution in [0.2, 0.25) is 0 Å². The molecule has 1 aliphatic heterocycles. The number of nitrogens with one attached hydrogen (secondary N) is 1. The van der Waals surface area contributed by atoms with Crippen molar-refractivity contribution in [2.24, 2.45) is 0 Å². The molecular weight excluding hydrogens is 253 g/mol. The van der Waals surface area contributed by atoms with Crippen molar-refractivity contribution < 1.29 is 9.13 Å². The van der Waals surface area contributed by atoms with Crippen molar-refractivity contribution >= 4 is 5.69 Å². The van der Waals surface area contributed by atoms with Gasteiger partial charge in [-0.2, -0.15) is 0 Å². The maximum Gasteiger partial charge on any atom is 0.146 e. The van der Waals surface area contributed by atoms with Gasteiger partial charge in [-0.25, -0.2) is 4.39 Å². The van der Waals surface area contributed by atoms with Gasteiger partial charge in [0.15, 0.2) is 0 Å². The summed E-state index contributed by atoms with van der Waals surface area (Å²) >= 11 is 0. The Balaban J connectivity index is 1.63. The molecule has 0 amide bonds. The Kier molecular flexibility index (Phi) is 3.35. The second kappa shape index (κ2) is 5.16. The Morgan fingerprint density at radius 2 is 1.90 bits per heavy atom. The summed E-state index contributed by atoms with van der Waals surface area (Å²) in [6.07, 6.45) is 0.935. The second-order valence-electron chi connectivity index (χ2n) is 5.42. The lowest BCUT2D eigenvalue weighted by atomic mass is 10.1. The largest absolute Gasteiger partial charge is 0.488 e. The van der Waals surface area contributed by atoms with Gasteiger partial charge in [0.2, 0.25) is 0 Å². The zero-order chi connectivity index (χ0) is 14.1. The highest BCUT2D eigenvalue weighted by Gasteiger charge is 2.22. The standard InChI is InChI=1S/C17H18FNO/c1-11-4-6-17-13(7-11)9-14(20-17)10-19-16-5-3-12(2)8-15(16)18/h3-8,14,19H,9-10H2,1-2H3. The number of anilines is 1. The van der Waals surface area contributed by atoms with Gasteiger partial charge in [0.25, 0.3) is 0 Å². The lowest BCUT2D eigenvalue weighted by Gasteiger charge is -2.13. The molecule has 1 atom stereocenters. The number of fused-ring (bicyclic) bond motifs is 1. The quantitative estimate of drug-likeness (QED) is 0.915. The molecule has 0 saturated heterocycles. The first-order chi connectivity index (χ1) is 9.61. The number of rotatable bonds is 3. The number of benzene rings is 2. The molecule has 0 spiro atoms.